The van der Waals surface area contributed by atoms with Crippen LogP contribution in [0.5, 0.6) is 0 Å². The molecule has 96 valence electrons. The number of aromatic nitrogens is 1. The van der Waals surface area contributed by atoms with Crippen molar-refractivity contribution in [1.82, 2.24) is 10.3 Å². The summed E-state index contributed by atoms with van der Waals surface area (Å²) in [4.78, 5) is 6.88. The van der Waals surface area contributed by atoms with Gasteiger partial charge in [0.2, 0.25) is 0 Å². The van der Waals surface area contributed by atoms with Crippen LogP contribution < -0.4 is 5.32 Å². The normalized spacial score (nSPS) is 12.6. The molecule has 3 heteroatoms. The smallest absolute Gasteiger partial charge is 0.0455 e. The summed E-state index contributed by atoms with van der Waals surface area (Å²) in [5.74, 6) is 0. The summed E-state index contributed by atoms with van der Waals surface area (Å²) in [6, 6.07) is 9.06. The van der Waals surface area contributed by atoms with Crippen LogP contribution in [-0.2, 0) is 6.42 Å². The van der Waals surface area contributed by atoms with Crippen LogP contribution in [0.25, 0.3) is 0 Å². The molecule has 1 unspecified atom stereocenters. The van der Waals surface area contributed by atoms with Crippen molar-refractivity contribution in [3.8, 4) is 0 Å². The first kappa shape index (κ1) is 13.2. The number of nitrogens with one attached hydrogen (secondary N) is 1. The molecule has 0 spiro atoms. The van der Waals surface area contributed by atoms with Crippen molar-refractivity contribution in [1.29, 1.82) is 0 Å². The molecule has 2 nitrogen and oxygen atoms in total. The Morgan fingerprint density at radius 2 is 2.00 bits per heavy atom. The second-order valence-electron chi connectivity index (χ2n) is 4.51. The molecule has 1 atom stereocenters. The van der Waals surface area contributed by atoms with E-state index in [1.165, 1.54) is 15.3 Å². The lowest BCUT2D eigenvalue weighted by Crippen LogP contribution is -2.23. The highest BCUT2D eigenvalue weighted by molar-refractivity contribution is 7.12. The molecule has 0 aliphatic rings. The number of thiophene rings is 1. The van der Waals surface area contributed by atoms with Crippen LogP contribution in [0.4, 0.5) is 0 Å². The van der Waals surface area contributed by atoms with Crippen molar-refractivity contribution in [2.24, 2.45) is 0 Å². The van der Waals surface area contributed by atoms with Crippen LogP contribution in [0.3, 0.4) is 0 Å². The van der Waals surface area contributed by atoms with Gasteiger partial charge in [0.1, 0.15) is 0 Å². The molecule has 18 heavy (non-hydrogen) atoms. The highest BCUT2D eigenvalue weighted by Crippen LogP contribution is 2.25. The van der Waals surface area contributed by atoms with Gasteiger partial charge in [-0.05, 0) is 56.1 Å². The number of nitrogens with zero attached hydrogens (tertiary/aromatic N) is 1. The molecule has 0 aromatic carbocycles. The lowest BCUT2D eigenvalue weighted by molar-refractivity contribution is 0.536. The Morgan fingerprint density at radius 3 is 2.61 bits per heavy atom. The fourth-order valence-corrected chi connectivity index (χ4v) is 2.94. The summed E-state index contributed by atoms with van der Waals surface area (Å²) in [5.41, 5.74) is 1.34. The van der Waals surface area contributed by atoms with E-state index < -0.39 is 0 Å². The second-order valence-corrected chi connectivity index (χ2v) is 5.83. The Kier molecular flexibility index (Phi) is 4.90. The van der Waals surface area contributed by atoms with Crippen LogP contribution in [-0.4, -0.2) is 11.5 Å². The maximum Gasteiger partial charge on any atom is 0.0455 e. The molecule has 2 heterocycles. The number of rotatable bonds is 6. The predicted octanol–water partition coefficient (Wildman–Crippen LogP) is 3.73. The molecule has 0 fully saturated rings. The van der Waals surface area contributed by atoms with Crippen LogP contribution in [0.1, 0.15) is 34.7 Å². The molecule has 1 N–H and O–H groups in total. The maximum absolute atomic E-state index is 4.07. The predicted molar refractivity (Wildman–Crippen MR) is 78.0 cm³/mol. The van der Waals surface area contributed by atoms with Crippen molar-refractivity contribution in [3.05, 3.63) is 52.0 Å². The third-order valence-electron chi connectivity index (χ3n) is 2.93. The number of hydrogen-bond donors (Lipinski definition) is 1. The Hall–Kier alpha value is -1.19. The van der Waals surface area contributed by atoms with Crippen molar-refractivity contribution in [3.63, 3.8) is 0 Å². The summed E-state index contributed by atoms with van der Waals surface area (Å²) < 4.78 is 0. The fraction of sp³-hybridized carbons (Fsp3) is 0.400. The van der Waals surface area contributed by atoms with E-state index in [0.29, 0.717) is 6.04 Å². The van der Waals surface area contributed by atoms with Crippen molar-refractivity contribution < 1.29 is 0 Å². The van der Waals surface area contributed by atoms with Crippen LogP contribution in [0.2, 0.25) is 0 Å². The van der Waals surface area contributed by atoms with E-state index in [2.05, 4.69) is 48.4 Å². The van der Waals surface area contributed by atoms with Gasteiger partial charge in [-0.15, -0.1) is 11.3 Å². The SMILES string of the molecule is CCCNC(Cc1ccncc1)c1ccc(C)s1. The molecule has 0 aliphatic heterocycles. The molecular weight excluding hydrogens is 240 g/mol. The molecule has 0 radical (unpaired) electrons. The third kappa shape index (κ3) is 3.65. The summed E-state index contributed by atoms with van der Waals surface area (Å²) in [6.07, 6.45) is 5.93. The molecule has 2 aromatic rings. The zero-order valence-electron chi connectivity index (χ0n) is 11.0. The van der Waals surface area contributed by atoms with Crippen molar-refractivity contribution >= 4 is 11.3 Å². The van der Waals surface area contributed by atoms with Crippen molar-refractivity contribution in [2.75, 3.05) is 6.54 Å². The molecule has 2 aromatic heterocycles. The van der Waals surface area contributed by atoms with Crippen LogP contribution in [0, 0.1) is 6.92 Å². The Balaban J connectivity index is 2.10. The van der Waals surface area contributed by atoms with E-state index in [1.54, 1.807) is 0 Å². The van der Waals surface area contributed by atoms with Gasteiger partial charge in [0.15, 0.2) is 0 Å². The number of aryl methyl sites for hydroxylation is 1. The van der Waals surface area contributed by atoms with Gasteiger partial charge in [0, 0.05) is 28.2 Å². The lowest BCUT2D eigenvalue weighted by Gasteiger charge is -2.17. The zero-order valence-corrected chi connectivity index (χ0v) is 11.8. The molecular formula is C15H20N2S. The quantitative estimate of drug-likeness (QED) is 0.856. The average molecular weight is 260 g/mol. The minimum atomic E-state index is 0.422. The van der Waals surface area contributed by atoms with Gasteiger partial charge >= 0.3 is 0 Å². The van der Waals surface area contributed by atoms with Gasteiger partial charge in [-0.3, -0.25) is 4.98 Å². The summed E-state index contributed by atoms with van der Waals surface area (Å²) >= 11 is 1.89. The standard InChI is InChI=1S/C15H20N2S/c1-3-8-17-14(15-5-4-12(2)18-15)11-13-6-9-16-10-7-13/h4-7,9-10,14,17H,3,8,11H2,1-2H3. The second kappa shape index (κ2) is 6.66. The van der Waals surface area contributed by atoms with Crippen LogP contribution in [0.15, 0.2) is 36.7 Å². The maximum atomic E-state index is 4.07. The average Bonchev–Trinajstić information content (AvgIpc) is 2.82. The van der Waals surface area contributed by atoms with Crippen LogP contribution >= 0.6 is 11.3 Å². The summed E-state index contributed by atoms with van der Waals surface area (Å²) in [5, 5.41) is 3.64. The Morgan fingerprint density at radius 1 is 1.22 bits per heavy atom. The van der Waals surface area contributed by atoms with Gasteiger partial charge in [0.05, 0.1) is 0 Å². The first-order valence-corrected chi connectivity index (χ1v) is 7.30. The van der Waals surface area contributed by atoms with Gasteiger partial charge in [-0.1, -0.05) is 6.92 Å². The molecule has 0 bridgehead atoms. The minimum Gasteiger partial charge on any atom is -0.309 e. The largest absolute Gasteiger partial charge is 0.309 e. The van der Waals surface area contributed by atoms with E-state index in [9.17, 15) is 0 Å². The topological polar surface area (TPSA) is 24.9 Å². The van der Waals surface area contributed by atoms with E-state index in [4.69, 9.17) is 0 Å². The highest BCUT2D eigenvalue weighted by atomic mass is 32.1. The number of hydrogen-bond acceptors (Lipinski definition) is 3. The zero-order chi connectivity index (χ0) is 12.8. The molecule has 0 saturated carbocycles. The van der Waals surface area contributed by atoms with E-state index in [0.717, 1.165) is 19.4 Å². The highest BCUT2D eigenvalue weighted by Gasteiger charge is 2.13. The molecule has 0 aliphatic carbocycles. The fourth-order valence-electron chi connectivity index (χ4n) is 1.99. The van der Waals surface area contributed by atoms with Gasteiger partial charge < -0.3 is 5.32 Å². The molecule has 0 amide bonds. The van der Waals surface area contributed by atoms with Gasteiger partial charge in [-0.25, -0.2) is 0 Å². The minimum absolute atomic E-state index is 0.422. The van der Waals surface area contributed by atoms with Gasteiger partial charge in [0.25, 0.3) is 0 Å². The lowest BCUT2D eigenvalue weighted by atomic mass is 10.1. The Bertz CT molecular complexity index is 464. The summed E-state index contributed by atoms with van der Waals surface area (Å²) in [7, 11) is 0. The van der Waals surface area contributed by atoms with E-state index in [1.807, 2.05) is 23.7 Å². The first-order chi connectivity index (χ1) is 8.79. The van der Waals surface area contributed by atoms with Gasteiger partial charge in [-0.2, -0.15) is 0 Å². The third-order valence-corrected chi connectivity index (χ3v) is 4.05. The molecule has 0 saturated heterocycles. The number of pyridine rings is 1. The van der Waals surface area contributed by atoms with E-state index >= 15 is 0 Å². The Labute approximate surface area is 113 Å². The van der Waals surface area contributed by atoms with E-state index in [-0.39, 0.29) is 0 Å². The first-order valence-electron chi connectivity index (χ1n) is 6.48. The monoisotopic (exact) mass is 260 g/mol. The molecule has 2 rings (SSSR count). The van der Waals surface area contributed by atoms with Crippen molar-refractivity contribution in [2.45, 2.75) is 32.7 Å². The summed E-state index contributed by atoms with van der Waals surface area (Å²) in [6.45, 7) is 5.43.